The van der Waals surface area contributed by atoms with Crippen molar-refractivity contribution in [1.82, 2.24) is 4.90 Å². The van der Waals surface area contributed by atoms with Crippen LogP contribution in [-0.2, 0) is 11.2 Å². The molecule has 1 aliphatic rings. The van der Waals surface area contributed by atoms with E-state index in [1.54, 1.807) is 12.1 Å². The van der Waals surface area contributed by atoms with Gasteiger partial charge >= 0.3 is 0 Å². The monoisotopic (exact) mass is 446 g/mol. The van der Waals surface area contributed by atoms with Gasteiger partial charge in [0, 0.05) is 25.0 Å². The van der Waals surface area contributed by atoms with Crippen LogP contribution in [0.5, 0.6) is 0 Å². The Morgan fingerprint density at radius 1 is 1.17 bits per heavy atom. The zero-order valence-electron chi connectivity index (χ0n) is 18.6. The van der Waals surface area contributed by atoms with Gasteiger partial charge in [-0.05, 0) is 54.5 Å². The van der Waals surface area contributed by atoms with Crippen molar-refractivity contribution in [2.24, 2.45) is 11.8 Å². The Bertz CT molecular complexity index is 860. The maximum Gasteiger partial charge on any atom is 0.222 e. The third-order valence-corrected chi connectivity index (χ3v) is 6.08. The molecule has 3 rings (SSSR count). The number of hydrogen-bond acceptors (Lipinski definition) is 2. The van der Waals surface area contributed by atoms with Crippen molar-refractivity contribution in [3.05, 3.63) is 69.2 Å². The smallest absolute Gasteiger partial charge is 0.222 e. The summed E-state index contributed by atoms with van der Waals surface area (Å²) in [6.45, 7) is 9.42. The van der Waals surface area contributed by atoms with Gasteiger partial charge in [0.25, 0.3) is 0 Å². The van der Waals surface area contributed by atoms with Gasteiger partial charge in [0.05, 0.1) is 10.6 Å². The van der Waals surface area contributed by atoms with Crippen molar-refractivity contribution in [2.75, 3.05) is 13.6 Å². The predicted octanol–water partition coefficient (Wildman–Crippen LogP) is 6.93. The van der Waals surface area contributed by atoms with Crippen LogP contribution in [0.4, 0.5) is 0 Å². The van der Waals surface area contributed by atoms with Crippen LogP contribution >= 0.6 is 23.2 Å². The molecular formula is C25H32Cl2N2O. The van der Waals surface area contributed by atoms with Crippen LogP contribution in [0.25, 0.3) is 0 Å². The van der Waals surface area contributed by atoms with E-state index in [9.17, 15) is 4.79 Å². The summed E-state index contributed by atoms with van der Waals surface area (Å²) in [5.41, 5.74) is 2.83. The SMILES string of the molecule is CCC(C)C1CC(=O)N(C)C1.CCc1ccccc1Cl.Cc1ccc(C#N)c(Cl)c1. The molecule has 1 saturated heterocycles. The number of aryl methyl sites for hydroxylation is 2. The Morgan fingerprint density at radius 2 is 1.83 bits per heavy atom. The first-order valence-electron chi connectivity index (χ1n) is 10.4. The third-order valence-electron chi connectivity index (χ3n) is 5.40. The van der Waals surface area contributed by atoms with Gasteiger partial charge in [0.2, 0.25) is 5.91 Å². The van der Waals surface area contributed by atoms with Crippen LogP contribution in [0, 0.1) is 30.1 Å². The molecule has 0 bridgehead atoms. The number of nitriles is 1. The maximum atomic E-state index is 11.1. The van der Waals surface area contributed by atoms with Crippen LogP contribution in [0.15, 0.2) is 42.5 Å². The Labute approximate surface area is 191 Å². The summed E-state index contributed by atoms with van der Waals surface area (Å²) in [5.74, 6) is 1.62. The molecule has 1 fully saturated rings. The second kappa shape index (κ2) is 13.3. The number of halogens is 2. The molecule has 0 aliphatic carbocycles. The van der Waals surface area contributed by atoms with Gasteiger partial charge in [-0.1, -0.05) is 74.7 Å². The lowest BCUT2D eigenvalue weighted by molar-refractivity contribution is -0.126. The molecule has 2 unspecified atom stereocenters. The minimum Gasteiger partial charge on any atom is -0.345 e. The lowest BCUT2D eigenvalue weighted by Gasteiger charge is -2.15. The topological polar surface area (TPSA) is 44.1 Å². The van der Waals surface area contributed by atoms with E-state index in [0.717, 1.165) is 30.0 Å². The standard InChI is InChI=1S/C9H17NO.C8H6ClN.C8H9Cl/c1-4-7(2)8-5-9(11)10(3)6-8;1-6-2-3-7(5-10)8(9)4-6;1-2-7-5-3-4-6-8(7)9/h7-8H,4-6H2,1-3H3;2-4H,1H3;3-6H,2H2,1H3. The molecule has 0 radical (unpaired) electrons. The van der Waals surface area contributed by atoms with E-state index in [1.807, 2.05) is 55.3 Å². The molecule has 1 amide bonds. The highest BCUT2D eigenvalue weighted by atomic mass is 35.5. The van der Waals surface area contributed by atoms with Gasteiger partial charge in [0.15, 0.2) is 0 Å². The van der Waals surface area contributed by atoms with Crippen LogP contribution in [0.3, 0.4) is 0 Å². The first-order valence-corrected chi connectivity index (χ1v) is 11.1. The maximum absolute atomic E-state index is 11.1. The minimum absolute atomic E-state index is 0.315. The fourth-order valence-electron chi connectivity index (χ4n) is 3.11. The summed E-state index contributed by atoms with van der Waals surface area (Å²) in [7, 11) is 1.89. The Morgan fingerprint density at radius 3 is 2.27 bits per heavy atom. The Balaban J connectivity index is 0.000000226. The molecule has 0 N–H and O–H groups in total. The van der Waals surface area contributed by atoms with Crippen LogP contribution < -0.4 is 0 Å². The highest BCUT2D eigenvalue weighted by molar-refractivity contribution is 6.31. The quantitative estimate of drug-likeness (QED) is 0.512. The summed E-state index contributed by atoms with van der Waals surface area (Å²) in [5, 5.41) is 9.88. The predicted molar refractivity (Wildman–Crippen MR) is 127 cm³/mol. The first kappa shape index (κ1) is 26.0. The molecule has 0 aromatic heterocycles. The lowest BCUT2D eigenvalue weighted by Crippen LogP contribution is -2.20. The molecule has 162 valence electrons. The number of benzene rings is 2. The van der Waals surface area contributed by atoms with Gasteiger partial charge in [0.1, 0.15) is 6.07 Å². The normalized spacial score (nSPS) is 16.0. The molecule has 0 spiro atoms. The molecule has 5 heteroatoms. The minimum atomic E-state index is 0.315. The number of rotatable bonds is 3. The number of amides is 1. The van der Waals surface area contributed by atoms with Crippen molar-refractivity contribution in [2.45, 2.75) is 47.0 Å². The lowest BCUT2D eigenvalue weighted by atomic mass is 9.91. The fourth-order valence-corrected chi connectivity index (χ4v) is 3.66. The van der Waals surface area contributed by atoms with Gasteiger partial charge in [-0.3, -0.25) is 4.79 Å². The number of carbonyl (C=O) groups is 1. The molecule has 1 aliphatic heterocycles. The number of carbonyl (C=O) groups excluding carboxylic acids is 1. The summed E-state index contributed by atoms with van der Waals surface area (Å²) in [6.07, 6.45) is 2.97. The molecule has 2 aromatic rings. The molecule has 0 saturated carbocycles. The van der Waals surface area contributed by atoms with Gasteiger partial charge in [-0.25, -0.2) is 0 Å². The summed E-state index contributed by atoms with van der Waals surface area (Å²) in [6, 6.07) is 15.3. The molecule has 2 atom stereocenters. The van der Waals surface area contributed by atoms with E-state index in [1.165, 1.54) is 12.0 Å². The molecule has 2 aromatic carbocycles. The Kier molecular flexibility index (Phi) is 11.5. The largest absolute Gasteiger partial charge is 0.345 e. The summed E-state index contributed by atoms with van der Waals surface area (Å²) < 4.78 is 0. The van der Waals surface area contributed by atoms with Crippen molar-refractivity contribution >= 4 is 29.1 Å². The first-order chi connectivity index (χ1) is 14.2. The molecule has 30 heavy (non-hydrogen) atoms. The number of likely N-dealkylation sites (tertiary alicyclic amines) is 1. The van der Waals surface area contributed by atoms with E-state index < -0.39 is 0 Å². The molecular weight excluding hydrogens is 415 g/mol. The summed E-state index contributed by atoms with van der Waals surface area (Å²) in [4.78, 5) is 13.0. The van der Waals surface area contributed by atoms with Crippen molar-refractivity contribution in [1.29, 1.82) is 5.26 Å². The Hall–Kier alpha value is -2.02. The zero-order valence-corrected chi connectivity index (χ0v) is 20.1. The van der Waals surface area contributed by atoms with E-state index >= 15 is 0 Å². The fraction of sp³-hybridized carbons (Fsp3) is 0.440. The van der Waals surface area contributed by atoms with Crippen molar-refractivity contribution < 1.29 is 4.79 Å². The van der Waals surface area contributed by atoms with Gasteiger partial charge in [-0.15, -0.1) is 0 Å². The zero-order chi connectivity index (χ0) is 22.7. The van der Waals surface area contributed by atoms with Crippen molar-refractivity contribution in [3.8, 4) is 6.07 Å². The number of nitrogens with zero attached hydrogens (tertiary/aromatic N) is 2. The average molecular weight is 447 g/mol. The van der Waals surface area contributed by atoms with Crippen molar-refractivity contribution in [3.63, 3.8) is 0 Å². The second-order valence-corrected chi connectivity index (χ2v) is 8.48. The molecule has 1 heterocycles. The summed E-state index contributed by atoms with van der Waals surface area (Å²) >= 11 is 11.5. The van der Waals surface area contributed by atoms with Gasteiger partial charge in [-0.2, -0.15) is 5.26 Å². The van der Waals surface area contributed by atoms with E-state index in [4.69, 9.17) is 28.5 Å². The molecule has 3 nitrogen and oxygen atoms in total. The highest BCUT2D eigenvalue weighted by Crippen LogP contribution is 2.25. The van der Waals surface area contributed by atoms with E-state index in [2.05, 4.69) is 20.8 Å². The second-order valence-electron chi connectivity index (χ2n) is 7.66. The number of hydrogen-bond donors (Lipinski definition) is 0. The highest BCUT2D eigenvalue weighted by Gasteiger charge is 2.29. The van der Waals surface area contributed by atoms with Crippen LogP contribution in [-0.4, -0.2) is 24.4 Å². The van der Waals surface area contributed by atoms with E-state index in [-0.39, 0.29) is 0 Å². The van der Waals surface area contributed by atoms with Crippen LogP contribution in [0.1, 0.15) is 50.3 Å². The van der Waals surface area contributed by atoms with Gasteiger partial charge < -0.3 is 4.90 Å². The third kappa shape index (κ3) is 8.38. The van der Waals surface area contributed by atoms with Crippen LogP contribution in [0.2, 0.25) is 10.0 Å². The average Bonchev–Trinajstić information content (AvgIpc) is 3.07. The van der Waals surface area contributed by atoms with E-state index in [0.29, 0.717) is 28.3 Å².